The van der Waals surface area contributed by atoms with E-state index in [1.165, 1.54) is 70.6 Å². The molecule has 0 radical (unpaired) electrons. The molecule has 1 aromatic carbocycles. The highest BCUT2D eigenvalue weighted by Gasteiger charge is 2.30. The summed E-state index contributed by atoms with van der Waals surface area (Å²) >= 11 is 0. The van der Waals surface area contributed by atoms with Crippen LogP contribution in [0.5, 0.6) is 0 Å². The van der Waals surface area contributed by atoms with Crippen molar-refractivity contribution in [3.63, 3.8) is 0 Å². The summed E-state index contributed by atoms with van der Waals surface area (Å²) in [4.78, 5) is 0. The van der Waals surface area contributed by atoms with E-state index in [0.717, 1.165) is 47.5 Å². The summed E-state index contributed by atoms with van der Waals surface area (Å²) in [7, 11) is 0. The molecule has 0 aliphatic heterocycles. The van der Waals surface area contributed by atoms with Gasteiger partial charge in [-0.3, -0.25) is 0 Å². The molecule has 0 saturated heterocycles. The van der Waals surface area contributed by atoms with Crippen LogP contribution in [0, 0.1) is 47.2 Å². The van der Waals surface area contributed by atoms with Crippen LogP contribution in [0.4, 0.5) is 4.39 Å². The summed E-state index contributed by atoms with van der Waals surface area (Å²) in [6, 6.07) is 7.33. The topological polar surface area (TPSA) is 0 Å². The van der Waals surface area contributed by atoms with Crippen molar-refractivity contribution in [2.45, 2.75) is 105 Å². The van der Waals surface area contributed by atoms with E-state index in [1.54, 1.807) is 12.1 Å². The van der Waals surface area contributed by atoms with Crippen LogP contribution in [0.3, 0.4) is 0 Å². The standard InChI is InChI=1S/C29H47F/c1-21(2)16-25-8-7-9-26(20-25)19-23(4)27-14-12-24(13-15-27)17-22(3)18-28-10-5-6-11-29(28)30/h5-6,10-11,21-27H,7-9,12-20H2,1-4H3. The number of hydrogen-bond donors (Lipinski definition) is 0. The van der Waals surface area contributed by atoms with Gasteiger partial charge in [-0.15, -0.1) is 0 Å². The maximum atomic E-state index is 13.9. The first kappa shape index (κ1) is 23.8. The number of halogens is 1. The summed E-state index contributed by atoms with van der Waals surface area (Å²) in [5, 5.41) is 0. The molecule has 2 aliphatic rings. The van der Waals surface area contributed by atoms with Crippen molar-refractivity contribution in [1.29, 1.82) is 0 Å². The van der Waals surface area contributed by atoms with E-state index in [9.17, 15) is 4.39 Å². The molecular formula is C29H47F. The Morgan fingerprint density at radius 2 is 1.47 bits per heavy atom. The predicted octanol–water partition coefficient (Wildman–Crippen LogP) is 9.08. The molecular weight excluding hydrogens is 367 g/mol. The summed E-state index contributed by atoms with van der Waals surface area (Å²) in [6.45, 7) is 9.65. The summed E-state index contributed by atoms with van der Waals surface area (Å²) in [5.41, 5.74) is 0.899. The molecule has 0 heterocycles. The van der Waals surface area contributed by atoms with Gasteiger partial charge in [0.05, 0.1) is 0 Å². The Morgan fingerprint density at radius 1 is 0.800 bits per heavy atom. The van der Waals surface area contributed by atoms with Crippen molar-refractivity contribution >= 4 is 0 Å². The van der Waals surface area contributed by atoms with Crippen molar-refractivity contribution in [2.24, 2.45) is 41.4 Å². The van der Waals surface area contributed by atoms with Gasteiger partial charge in [0.1, 0.15) is 5.82 Å². The lowest BCUT2D eigenvalue weighted by atomic mass is 9.69. The van der Waals surface area contributed by atoms with Gasteiger partial charge in [0.15, 0.2) is 0 Å². The molecule has 2 fully saturated rings. The highest BCUT2D eigenvalue weighted by molar-refractivity contribution is 5.17. The molecule has 4 atom stereocenters. The second kappa shape index (κ2) is 11.7. The van der Waals surface area contributed by atoms with Crippen molar-refractivity contribution in [3.05, 3.63) is 35.6 Å². The zero-order chi connectivity index (χ0) is 21.5. The zero-order valence-electron chi connectivity index (χ0n) is 20.2. The first-order valence-corrected chi connectivity index (χ1v) is 13.1. The molecule has 30 heavy (non-hydrogen) atoms. The Kier molecular flexibility index (Phi) is 9.27. The van der Waals surface area contributed by atoms with Crippen LogP contribution >= 0.6 is 0 Å². The third-order valence-electron chi connectivity index (χ3n) is 8.36. The molecule has 0 aromatic heterocycles. The van der Waals surface area contributed by atoms with Gasteiger partial charge in [-0.1, -0.05) is 78.0 Å². The quantitative estimate of drug-likeness (QED) is 0.378. The normalized spacial score (nSPS) is 29.7. The molecule has 0 nitrogen and oxygen atoms in total. The molecule has 3 rings (SSSR count). The maximum absolute atomic E-state index is 13.9. The average molecular weight is 415 g/mol. The van der Waals surface area contributed by atoms with Crippen molar-refractivity contribution in [3.8, 4) is 0 Å². The van der Waals surface area contributed by atoms with Gasteiger partial charge >= 0.3 is 0 Å². The Labute approximate surface area is 186 Å². The SMILES string of the molecule is CC(C)CC1CCCC(CC(C)C2CCC(CC(C)Cc3ccccc3F)CC2)C1. The number of hydrogen-bond acceptors (Lipinski definition) is 0. The molecule has 0 amide bonds. The second-order valence-electron chi connectivity index (χ2n) is 11.7. The van der Waals surface area contributed by atoms with E-state index in [4.69, 9.17) is 0 Å². The van der Waals surface area contributed by atoms with E-state index in [-0.39, 0.29) is 5.82 Å². The Morgan fingerprint density at radius 3 is 2.13 bits per heavy atom. The van der Waals surface area contributed by atoms with Gasteiger partial charge in [0.2, 0.25) is 0 Å². The monoisotopic (exact) mass is 414 g/mol. The van der Waals surface area contributed by atoms with E-state index in [0.29, 0.717) is 5.92 Å². The summed E-state index contributed by atoms with van der Waals surface area (Å²) in [6.07, 6.45) is 16.7. The molecule has 2 saturated carbocycles. The van der Waals surface area contributed by atoms with E-state index >= 15 is 0 Å². The lowest BCUT2D eigenvalue weighted by Crippen LogP contribution is -2.25. The van der Waals surface area contributed by atoms with Crippen LogP contribution in [0.2, 0.25) is 0 Å². The third-order valence-corrected chi connectivity index (χ3v) is 8.36. The van der Waals surface area contributed by atoms with Crippen molar-refractivity contribution in [1.82, 2.24) is 0 Å². The highest BCUT2D eigenvalue weighted by atomic mass is 19.1. The fraction of sp³-hybridized carbons (Fsp3) is 0.793. The Hall–Kier alpha value is -0.850. The molecule has 4 unspecified atom stereocenters. The molecule has 170 valence electrons. The van der Waals surface area contributed by atoms with Crippen molar-refractivity contribution < 1.29 is 4.39 Å². The molecule has 1 heteroatoms. The number of benzene rings is 1. The van der Waals surface area contributed by atoms with Gasteiger partial charge in [-0.25, -0.2) is 4.39 Å². The lowest BCUT2D eigenvalue weighted by Gasteiger charge is -2.37. The van der Waals surface area contributed by atoms with Gasteiger partial charge in [0.25, 0.3) is 0 Å². The fourth-order valence-corrected chi connectivity index (χ4v) is 6.90. The number of rotatable bonds is 9. The smallest absolute Gasteiger partial charge is 0.126 e. The first-order valence-electron chi connectivity index (χ1n) is 13.1. The Bertz CT molecular complexity index is 613. The molecule has 0 N–H and O–H groups in total. The van der Waals surface area contributed by atoms with Crippen LogP contribution in [-0.4, -0.2) is 0 Å². The highest BCUT2D eigenvalue weighted by Crippen LogP contribution is 2.42. The zero-order valence-corrected chi connectivity index (χ0v) is 20.2. The van der Waals surface area contributed by atoms with Crippen LogP contribution in [0.15, 0.2) is 24.3 Å². The van der Waals surface area contributed by atoms with Crippen LogP contribution < -0.4 is 0 Å². The minimum Gasteiger partial charge on any atom is -0.207 e. The van der Waals surface area contributed by atoms with E-state index in [2.05, 4.69) is 27.7 Å². The average Bonchev–Trinajstić information content (AvgIpc) is 2.70. The van der Waals surface area contributed by atoms with Gasteiger partial charge < -0.3 is 0 Å². The summed E-state index contributed by atoms with van der Waals surface area (Å²) < 4.78 is 13.9. The molecule has 0 spiro atoms. The van der Waals surface area contributed by atoms with Crippen LogP contribution in [0.25, 0.3) is 0 Å². The fourth-order valence-electron chi connectivity index (χ4n) is 6.90. The first-order chi connectivity index (χ1) is 14.4. The molecule has 2 aliphatic carbocycles. The predicted molar refractivity (Wildman–Crippen MR) is 128 cm³/mol. The van der Waals surface area contributed by atoms with E-state index < -0.39 is 0 Å². The van der Waals surface area contributed by atoms with Gasteiger partial charge in [-0.05, 0) is 98.0 Å². The lowest BCUT2D eigenvalue weighted by molar-refractivity contribution is 0.149. The van der Waals surface area contributed by atoms with Crippen LogP contribution in [0.1, 0.15) is 104 Å². The van der Waals surface area contributed by atoms with E-state index in [1.807, 2.05) is 12.1 Å². The molecule has 0 bridgehead atoms. The van der Waals surface area contributed by atoms with Gasteiger partial charge in [0, 0.05) is 0 Å². The second-order valence-corrected chi connectivity index (χ2v) is 11.7. The third kappa shape index (κ3) is 7.38. The summed E-state index contributed by atoms with van der Waals surface area (Å²) in [5.74, 6) is 6.14. The minimum absolute atomic E-state index is 0.0276. The maximum Gasteiger partial charge on any atom is 0.126 e. The Balaban J connectivity index is 1.38. The van der Waals surface area contributed by atoms with Crippen molar-refractivity contribution in [2.75, 3.05) is 0 Å². The van der Waals surface area contributed by atoms with Gasteiger partial charge in [-0.2, -0.15) is 0 Å². The van der Waals surface area contributed by atoms with Crippen LogP contribution in [-0.2, 0) is 6.42 Å². The minimum atomic E-state index is -0.0276. The largest absolute Gasteiger partial charge is 0.207 e. The molecule has 1 aromatic rings.